The van der Waals surface area contributed by atoms with E-state index in [1.165, 1.54) is 17.1 Å². The zero-order valence-corrected chi connectivity index (χ0v) is 16.0. The summed E-state index contributed by atoms with van der Waals surface area (Å²) in [6.45, 7) is 0. The number of anilines is 1. The molecule has 2 N–H and O–H groups in total. The zero-order chi connectivity index (χ0) is 18.7. The summed E-state index contributed by atoms with van der Waals surface area (Å²) in [5.74, 6) is 0.180. The Bertz CT molecular complexity index is 971. The van der Waals surface area contributed by atoms with Crippen molar-refractivity contribution in [3.8, 4) is 0 Å². The van der Waals surface area contributed by atoms with Gasteiger partial charge < -0.3 is 5.73 Å². The standard InChI is InChI=1S/C16H10Cl4N6/c17-11-3-1-4-12(18)9(11)7-22-16-25-24-15(21)26(16)23-8-10-13(19)5-2-6-14(10)20/h1-8H,(H2,21,24)/b22-7+,23-8+. The lowest BCUT2D eigenvalue weighted by Crippen LogP contribution is -1.98. The van der Waals surface area contributed by atoms with Gasteiger partial charge >= 0.3 is 0 Å². The molecule has 0 saturated carbocycles. The van der Waals surface area contributed by atoms with E-state index in [9.17, 15) is 0 Å². The topological polar surface area (TPSA) is 81.5 Å². The molecule has 0 aliphatic rings. The molecule has 0 aliphatic heterocycles. The van der Waals surface area contributed by atoms with Gasteiger partial charge in [-0.05, 0) is 24.3 Å². The number of nitrogens with zero attached hydrogens (tertiary/aromatic N) is 5. The minimum absolute atomic E-state index is 0.0434. The molecule has 0 bridgehead atoms. The van der Waals surface area contributed by atoms with Crippen molar-refractivity contribution in [3.63, 3.8) is 0 Å². The second-order valence-electron chi connectivity index (χ2n) is 4.94. The average molecular weight is 428 g/mol. The predicted octanol–water partition coefficient (Wildman–Crippen LogP) is 5.11. The van der Waals surface area contributed by atoms with Gasteiger partial charge in [-0.15, -0.1) is 10.2 Å². The maximum atomic E-state index is 6.12. The SMILES string of the molecule is Nc1nnc(/N=C/c2c(Cl)cccc2Cl)n1/N=C/c1c(Cl)cccc1Cl. The van der Waals surface area contributed by atoms with Crippen molar-refractivity contribution in [2.24, 2.45) is 10.1 Å². The van der Waals surface area contributed by atoms with Crippen LogP contribution in [0.3, 0.4) is 0 Å². The third-order valence-corrected chi connectivity index (χ3v) is 4.58. The van der Waals surface area contributed by atoms with Crippen molar-refractivity contribution < 1.29 is 0 Å². The highest BCUT2D eigenvalue weighted by atomic mass is 35.5. The van der Waals surface area contributed by atoms with Crippen LogP contribution in [0, 0.1) is 0 Å². The molecule has 3 aromatic rings. The lowest BCUT2D eigenvalue weighted by molar-refractivity contribution is 0.892. The highest BCUT2D eigenvalue weighted by Crippen LogP contribution is 2.24. The fourth-order valence-corrected chi connectivity index (χ4v) is 2.97. The highest BCUT2D eigenvalue weighted by Gasteiger charge is 2.09. The minimum atomic E-state index is 0.0434. The van der Waals surface area contributed by atoms with Crippen LogP contribution in [0.2, 0.25) is 20.1 Å². The maximum Gasteiger partial charge on any atom is 0.273 e. The summed E-state index contributed by atoms with van der Waals surface area (Å²) in [7, 11) is 0. The second kappa shape index (κ2) is 8.05. The van der Waals surface area contributed by atoms with Crippen molar-refractivity contribution in [2.45, 2.75) is 0 Å². The van der Waals surface area contributed by atoms with Crippen molar-refractivity contribution in [1.82, 2.24) is 14.9 Å². The summed E-state index contributed by atoms with van der Waals surface area (Å²) >= 11 is 24.5. The molecule has 26 heavy (non-hydrogen) atoms. The largest absolute Gasteiger partial charge is 0.366 e. The first kappa shape index (κ1) is 18.7. The lowest BCUT2D eigenvalue weighted by Gasteiger charge is -2.02. The van der Waals surface area contributed by atoms with Gasteiger partial charge in [-0.25, -0.2) is 4.99 Å². The van der Waals surface area contributed by atoms with E-state index in [0.717, 1.165) is 0 Å². The molecule has 0 spiro atoms. The number of nitrogen functional groups attached to an aromatic ring is 1. The molecule has 0 radical (unpaired) electrons. The number of rotatable bonds is 4. The molecule has 0 atom stereocenters. The summed E-state index contributed by atoms with van der Waals surface area (Å²) in [6, 6.07) is 10.3. The first-order valence-electron chi connectivity index (χ1n) is 7.14. The predicted molar refractivity (Wildman–Crippen MR) is 108 cm³/mol. The Balaban J connectivity index is 1.95. The van der Waals surface area contributed by atoms with E-state index >= 15 is 0 Å². The number of halogens is 4. The normalized spacial score (nSPS) is 11.7. The fourth-order valence-electron chi connectivity index (χ4n) is 1.98. The number of benzene rings is 2. The average Bonchev–Trinajstić information content (AvgIpc) is 2.94. The first-order valence-corrected chi connectivity index (χ1v) is 8.66. The summed E-state index contributed by atoms with van der Waals surface area (Å²) in [6.07, 6.45) is 2.91. The van der Waals surface area contributed by atoms with Crippen LogP contribution in [0.4, 0.5) is 11.9 Å². The van der Waals surface area contributed by atoms with Gasteiger partial charge in [0, 0.05) is 17.3 Å². The molecule has 2 aromatic carbocycles. The molecule has 1 aromatic heterocycles. The van der Waals surface area contributed by atoms with Gasteiger partial charge in [0.1, 0.15) is 0 Å². The van der Waals surface area contributed by atoms with Crippen LogP contribution >= 0.6 is 46.4 Å². The molecule has 0 amide bonds. The zero-order valence-electron chi connectivity index (χ0n) is 12.9. The van der Waals surface area contributed by atoms with E-state index in [2.05, 4.69) is 20.3 Å². The summed E-state index contributed by atoms with van der Waals surface area (Å²) in [5.41, 5.74) is 6.87. The quantitative estimate of drug-likeness (QED) is 0.587. The number of aromatic nitrogens is 3. The maximum absolute atomic E-state index is 6.12. The second-order valence-corrected chi connectivity index (χ2v) is 6.57. The van der Waals surface area contributed by atoms with Crippen LogP contribution in [-0.2, 0) is 0 Å². The molecule has 132 valence electrons. The minimum Gasteiger partial charge on any atom is -0.366 e. The molecule has 0 aliphatic carbocycles. The summed E-state index contributed by atoms with van der Waals surface area (Å²) < 4.78 is 1.24. The number of hydrogen-bond acceptors (Lipinski definition) is 5. The summed E-state index contributed by atoms with van der Waals surface area (Å²) in [5, 5.41) is 13.6. The van der Waals surface area contributed by atoms with Crippen LogP contribution < -0.4 is 5.73 Å². The van der Waals surface area contributed by atoms with Crippen LogP contribution in [0.5, 0.6) is 0 Å². The van der Waals surface area contributed by atoms with E-state index < -0.39 is 0 Å². The van der Waals surface area contributed by atoms with Gasteiger partial charge in [-0.2, -0.15) is 9.78 Å². The molecule has 0 unspecified atom stereocenters. The first-order chi connectivity index (χ1) is 12.5. The Morgan fingerprint density at radius 2 is 1.31 bits per heavy atom. The summed E-state index contributed by atoms with van der Waals surface area (Å²) in [4.78, 5) is 4.21. The van der Waals surface area contributed by atoms with Crippen LogP contribution in [-0.4, -0.2) is 27.3 Å². The molecule has 3 rings (SSSR count). The Hall–Kier alpha value is -2.12. The van der Waals surface area contributed by atoms with Gasteiger partial charge in [0.25, 0.3) is 5.95 Å². The van der Waals surface area contributed by atoms with E-state index in [-0.39, 0.29) is 11.9 Å². The molecular weight excluding hydrogens is 418 g/mol. The van der Waals surface area contributed by atoms with Crippen molar-refractivity contribution in [1.29, 1.82) is 0 Å². The van der Waals surface area contributed by atoms with E-state index in [0.29, 0.717) is 31.2 Å². The number of aliphatic imine (C=N–C) groups is 1. The molecular formula is C16H10Cl4N6. The van der Waals surface area contributed by atoms with Gasteiger partial charge in [-0.1, -0.05) is 58.5 Å². The lowest BCUT2D eigenvalue weighted by atomic mass is 10.2. The Kier molecular flexibility index (Phi) is 5.78. The third kappa shape index (κ3) is 3.99. The Labute approximate surface area is 168 Å². The number of nitrogens with two attached hydrogens (primary N) is 1. The van der Waals surface area contributed by atoms with Crippen molar-refractivity contribution in [3.05, 3.63) is 67.6 Å². The van der Waals surface area contributed by atoms with Gasteiger partial charge in [0.05, 0.1) is 26.3 Å². The molecule has 0 saturated heterocycles. The molecule has 1 heterocycles. The van der Waals surface area contributed by atoms with Gasteiger partial charge in [-0.3, -0.25) is 0 Å². The van der Waals surface area contributed by atoms with Crippen LogP contribution in [0.15, 0.2) is 46.5 Å². The van der Waals surface area contributed by atoms with Gasteiger partial charge in [0.2, 0.25) is 5.95 Å². The Morgan fingerprint density at radius 1 is 0.808 bits per heavy atom. The molecule has 10 heteroatoms. The van der Waals surface area contributed by atoms with Crippen molar-refractivity contribution in [2.75, 3.05) is 5.73 Å². The van der Waals surface area contributed by atoms with Gasteiger partial charge in [0.15, 0.2) is 0 Å². The van der Waals surface area contributed by atoms with Crippen molar-refractivity contribution >= 4 is 70.7 Å². The van der Waals surface area contributed by atoms with Crippen LogP contribution in [0.1, 0.15) is 11.1 Å². The Morgan fingerprint density at radius 3 is 1.85 bits per heavy atom. The van der Waals surface area contributed by atoms with E-state index in [1.54, 1.807) is 36.4 Å². The molecule has 0 fully saturated rings. The fraction of sp³-hybridized carbons (Fsp3) is 0. The smallest absolute Gasteiger partial charge is 0.273 e. The highest BCUT2D eigenvalue weighted by molar-refractivity contribution is 6.39. The number of hydrogen-bond donors (Lipinski definition) is 1. The monoisotopic (exact) mass is 426 g/mol. The van der Waals surface area contributed by atoms with E-state index in [4.69, 9.17) is 52.1 Å². The van der Waals surface area contributed by atoms with Crippen LogP contribution in [0.25, 0.3) is 0 Å². The third-order valence-electron chi connectivity index (χ3n) is 3.26. The molecule has 6 nitrogen and oxygen atoms in total. The van der Waals surface area contributed by atoms with E-state index in [1.807, 2.05) is 0 Å².